The Bertz CT molecular complexity index is 832. The van der Waals surface area contributed by atoms with Crippen LogP contribution < -0.4 is 5.32 Å². The highest BCUT2D eigenvalue weighted by molar-refractivity contribution is 5.82. The molecule has 0 unspecified atom stereocenters. The number of aryl methyl sites for hydroxylation is 2. The third-order valence-corrected chi connectivity index (χ3v) is 3.87. The molecule has 5 heteroatoms. The number of aromatic amines is 1. The minimum Gasteiger partial charge on any atom is -0.373 e. The second kappa shape index (κ2) is 5.40. The van der Waals surface area contributed by atoms with Crippen LogP contribution in [0.1, 0.15) is 36.7 Å². The van der Waals surface area contributed by atoms with Gasteiger partial charge in [0.15, 0.2) is 5.65 Å². The molecule has 0 aliphatic heterocycles. The van der Waals surface area contributed by atoms with Crippen LogP contribution in [0, 0.1) is 13.8 Å². The first-order valence-corrected chi connectivity index (χ1v) is 7.52. The normalized spacial score (nSPS) is 11.4. The van der Waals surface area contributed by atoms with Crippen molar-refractivity contribution in [3.8, 4) is 11.3 Å². The number of aromatic nitrogens is 4. The number of fused-ring (bicyclic) bond motifs is 1. The van der Waals surface area contributed by atoms with Gasteiger partial charge in [-0.2, -0.15) is 0 Å². The molecule has 0 aromatic carbocycles. The summed E-state index contributed by atoms with van der Waals surface area (Å²) in [6.45, 7) is 8.29. The lowest BCUT2D eigenvalue weighted by molar-refractivity contribution is 0.824. The molecule has 22 heavy (non-hydrogen) atoms. The van der Waals surface area contributed by atoms with E-state index in [1.165, 1.54) is 0 Å². The average molecular weight is 295 g/mol. The van der Waals surface area contributed by atoms with Crippen LogP contribution in [0.15, 0.2) is 18.3 Å². The van der Waals surface area contributed by atoms with Crippen molar-refractivity contribution < 1.29 is 0 Å². The molecule has 0 saturated carbocycles. The first kappa shape index (κ1) is 14.5. The Kier molecular flexibility index (Phi) is 3.56. The number of H-pyrrole nitrogens is 1. The van der Waals surface area contributed by atoms with E-state index in [2.05, 4.69) is 41.3 Å². The second-order valence-corrected chi connectivity index (χ2v) is 5.86. The number of anilines is 1. The molecule has 0 aliphatic carbocycles. The lowest BCUT2D eigenvalue weighted by Crippen LogP contribution is -2.03. The first-order valence-electron chi connectivity index (χ1n) is 7.52. The van der Waals surface area contributed by atoms with Gasteiger partial charge >= 0.3 is 0 Å². The van der Waals surface area contributed by atoms with E-state index >= 15 is 0 Å². The van der Waals surface area contributed by atoms with Gasteiger partial charge < -0.3 is 10.3 Å². The van der Waals surface area contributed by atoms with Gasteiger partial charge in [-0.25, -0.2) is 15.0 Å². The zero-order chi connectivity index (χ0) is 15.9. The van der Waals surface area contributed by atoms with Crippen molar-refractivity contribution in [3.63, 3.8) is 0 Å². The molecule has 5 nitrogen and oxygen atoms in total. The summed E-state index contributed by atoms with van der Waals surface area (Å²) >= 11 is 0. The largest absolute Gasteiger partial charge is 0.373 e. The molecule has 2 N–H and O–H groups in total. The van der Waals surface area contributed by atoms with Crippen LogP contribution in [0.3, 0.4) is 0 Å². The monoisotopic (exact) mass is 295 g/mol. The van der Waals surface area contributed by atoms with Crippen molar-refractivity contribution in [2.24, 2.45) is 0 Å². The van der Waals surface area contributed by atoms with Crippen LogP contribution in [-0.2, 0) is 0 Å². The predicted molar refractivity (Wildman–Crippen MR) is 90.2 cm³/mol. The maximum atomic E-state index is 4.81. The maximum Gasteiger partial charge on any atom is 0.156 e. The number of nitrogens with one attached hydrogen (secondary N) is 2. The molecule has 114 valence electrons. The summed E-state index contributed by atoms with van der Waals surface area (Å²) in [5.74, 6) is 1.24. The Labute approximate surface area is 130 Å². The SMILES string of the molecule is CNc1nc(C(C)C)ccc1-c1nc2c(C)c[nH]c2nc1C. The summed E-state index contributed by atoms with van der Waals surface area (Å²) in [4.78, 5) is 17.3. The van der Waals surface area contributed by atoms with E-state index < -0.39 is 0 Å². The van der Waals surface area contributed by atoms with Crippen molar-refractivity contribution in [2.45, 2.75) is 33.6 Å². The third kappa shape index (κ3) is 2.32. The zero-order valence-corrected chi connectivity index (χ0v) is 13.7. The number of nitrogens with zero attached hydrogens (tertiary/aromatic N) is 3. The lowest BCUT2D eigenvalue weighted by atomic mass is 10.1. The lowest BCUT2D eigenvalue weighted by Gasteiger charge is -2.13. The Hall–Kier alpha value is -2.43. The standard InChI is InChI=1S/C17H21N5/c1-9(2)13-7-6-12(16(18-5)21-13)15-11(4)20-17-14(22-15)10(3)8-19-17/h6-9H,1-5H3,(H,18,21)(H,19,20). The molecular formula is C17H21N5. The summed E-state index contributed by atoms with van der Waals surface area (Å²) in [6.07, 6.45) is 1.94. The van der Waals surface area contributed by atoms with E-state index in [1.54, 1.807) is 0 Å². The summed E-state index contributed by atoms with van der Waals surface area (Å²) in [5.41, 5.74) is 6.66. The molecule has 0 aliphatic rings. The minimum absolute atomic E-state index is 0.391. The van der Waals surface area contributed by atoms with Crippen LogP contribution in [0.25, 0.3) is 22.4 Å². The summed E-state index contributed by atoms with van der Waals surface area (Å²) < 4.78 is 0. The van der Waals surface area contributed by atoms with Gasteiger partial charge in [0.05, 0.1) is 11.4 Å². The van der Waals surface area contributed by atoms with E-state index in [1.807, 2.05) is 27.1 Å². The van der Waals surface area contributed by atoms with Crippen molar-refractivity contribution in [3.05, 3.63) is 35.3 Å². The third-order valence-electron chi connectivity index (χ3n) is 3.87. The minimum atomic E-state index is 0.391. The maximum absolute atomic E-state index is 4.81. The fourth-order valence-electron chi connectivity index (χ4n) is 2.57. The van der Waals surface area contributed by atoms with Gasteiger partial charge in [0.1, 0.15) is 11.3 Å². The highest BCUT2D eigenvalue weighted by atomic mass is 15.0. The summed E-state index contributed by atoms with van der Waals surface area (Å²) in [6, 6.07) is 4.15. The van der Waals surface area contributed by atoms with Crippen LogP contribution in [0.5, 0.6) is 0 Å². The quantitative estimate of drug-likeness (QED) is 0.771. The Balaban J connectivity index is 2.22. The summed E-state index contributed by atoms with van der Waals surface area (Å²) in [5, 5.41) is 3.19. The number of rotatable bonds is 3. The van der Waals surface area contributed by atoms with Gasteiger partial charge in [-0.15, -0.1) is 0 Å². The fourth-order valence-corrected chi connectivity index (χ4v) is 2.57. The molecule has 0 amide bonds. The van der Waals surface area contributed by atoms with Crippen molar-refractivity contribution >= 4 is 17.0 Å². The van der Waals surface area contributed by atoms with Gasteiger partial charge in [-0.3, -0.25) is 0 Å². The predicted octanol–water partition coefficient (Wildman–Crippen LogP) is 3.80. The molecule has 0 bridgehead atoms. The van der Waals surface area contributed by atoms with Gasteiger partial charge in [0.2, 0.25) is 0 Å². The number of pyridine rings is 1. The van der Waals surface area contributed by atoms with Gasteiger partial charge in [-0.05, 0) is 37.5 Å². The second-order valence-electron chi connectivity index (χ2n) is 5.86. The van der Waals surface area contributed by atoms with Crippen molar-refractivity contribution in [2.75, 3.05) is 12.4 Å². The van der Waals surface area contributed by atoms with Crippen LogP contribution >= 0.6 is 0 Å². The van der Waals surface area contributed by atoms with Crippen LogP contribution in [0.2, 0.25) is 0 Å². The highest BCUT2D eigenvalue weighted by Crippen LogP contribution is 2.30. The Morgan fingerprint density at radius 3 is 2.55 bits per heavy atom. The van der Waals surface area contributed by atoms with Crippen molar-refractivity contribution in [1.29, 1.82) is 0 Å². The molecule has 0 atom stereocenters. The van der Waals surface area contributed by atoms with Gasteiger partial charge in [0.25, 0.3) is 0 Å². The van der Waals surface area contributed by atoms with Crippen LogP contribution in [-0.4, -0.2) is 27.0 Å². The summed E-state index contributed by atoms with van der Waals surface area (Å²) in [7, 11) is 1.89. The molecule has 3 aromatic heterocycles. The van der Waals surface area contributed by atoms with E-state index in [4.69, 9.17) is 9.97 Å². The zero-order valence-electron chi connectivity index (χ0n) is 13.7. The number of hydrogen-bond acceptors (Lipinski definition) is 4. The van der Waals surface area contributed by atoms with Gasteiger partial charge in [-0.1, -0.05) is 13.8 Å². The Morgan fingerprint density at radius 2 is 1.86 bits per heavy atom. The van der Waals surface area contributed by atoms with E-state index in [-0.39, 0.29) is 0 Å². The Morgan fingerprint density at radius 1 is 1.09 bits per heavy atom. The number of hydrogen-bond donors (Lipinski definition) is 2. The van der Waals surface area contributed by atoms with Gasteiger partial charge in [0, 0.05) is 24.5 Å². The highest BCUT2D eigenvalue weighted by Gasteiger charge is 2.15. The van der Waals surface area contributed by atoms with Crippen molar-refractivity contribution in [1.82, 2.24) is 19.9 Å². The smallest absolute Gasteiger partial charge is 0.156 e. The first-order chi connectivity index (χ1) is 10.5. The molecule has 0 saturated heterocycles. The molecule has 0 radical (unpaired) electrons. The van der Waals surface area contributed by atoms with E-state index in [0.29, 0.717) is 5.92 Å². The average Bonchev–Trinajstić information content (AvgIpc) is 2.86. The molecule has 3 aromatic rings. The molecular weight excluding hydrogens is 274 g/mol. The molecule has 3 rings (SSSR count). The molecule has 0 spiro atoms. The van der Waals surface area contributed by atoms with E-state index in [9.17, 15) is 0 Å². The molecule has 3 heterocycles. The van der Waals surface area contributed by atoms with E-state index in [0.717, 1.165) is 45.2 Å². The topological polar surface area (TPSA) is 66.5 Å². The fraction of sp³-hybridized carbons (Fsp3) is 0.353. The molecule has 0 fully saturated rings. The van der Waals surface area contributed by atoms with Crippen LogP contribution in [0.4, 0.5) is 5.82 Å².